The minimum absolute atomic E-state index is 0.277. The molecule has 0 radical (unpaired) electrons. The van der Waals surface area contributed by atoms with E-state index in [0.717, 1.165) is 19.5 Å². The number of morpholine rings is 1. The molecule has 0 unspecified atom stereocenters. The van der Waals surface area contributed by atoms with Gasteiger partial charge >= 0.3 is 0 Å². The summed E-state index contributed by atoms with van der Waals surface area (Å²) in [6.07, 6.45) is 2.39. The maximum atomic E-state index is 12.2. The Bertz CT molecular complexity index is 474. The normalized spacial score (nSPS) is 15.2. The van der Waals surface area contributed by atoms with Gasteiger partial charge in [0, 0.05) is 25.8 Å². The summed E-state index contributed by atoms with van der Waals surface area (Å²) in [5.41, 5.74) is 6.88. The van der Waals surface area contributed by atoms with Crippen LogP contribution in [0.1, 0.15) is 23.7 Å². The van der Waals surface area contributed by atoms with Gasteiger partial charge in [0.25, 0.3) is 5.91 Å². The molecule has 20 heavy (non-hydrogen) atoms. The molecule has 4 N–H and O–H groups in total. The number of carbonyl (C=O) groups excluding carboxylic acids is 1. The standard InChI is InChI=1S/C13H21N5O2/c1-2-5-18(15)13(19)10-3-4-16-12(11(10)14)17-6-8-20-9-7-17/h3-4H,2,5-9,14-15H2,1H3. The summed E-state index contributed by atoms with van der Waals surface area (Å²) in [6.45, 7) is 5.16. The molecule has 0 aliphatic carbocycles. The van der Waals surface area contributed by atoms with Crippen LogP contribution in [0, 0.1) is 0 Å². The molecular weight excluding hydrogens is 258 g/mol. The number of aromatic nitrogens is 1. The predicted octanol–water partition coefficient (Wildman–Crippen LogP) is 0.226. The molecule has 110 valence electrons. The highest BCUT2D eigenvalue weighted by Crippen LogP contribution is 2.25. The zero-order valence-corrected chi connectivity index (χ0v) is 11.7. The molecule has 1 aromatic rings. The first kappa shape index (κ1) is 14.5. The van der Waals surface area contributed by atoms with Crippen molar-refractivity contribution in [3.63, 3.8) is 0 Å². The van der Waals surface area contributed by atoms with E-state index in [1.165, 1.54) is 5.01 Å². The van der Waals surface area contributed by atoms with Gasteiger partial charge < -0.3 is 15.4 Å². The van der Waals surface area contributed by atoms with E-state index in [1.807, 2.05) is 11.8 Å². The monoisotopic (exact) mass is 279 g/mol. The van der Waals surface area contributed by atoms with Crippen molar-refractivity contribution < 1.29 is 9.53 Å². The van der Waals surface area contributed by atoms with Gasteiger partial charge in [-0.05, 0) is 12.5 Å². The van der Waals surface area contributed by atoms with E-state index < -0.39 is 0 Å². The summed E-state index contributed by atoms with van der Waals surface area (Å²) in [5, 5.41) is 1.19. The third kappa shape index (κ3) is 3.00. The van der Waals surface area contributed by atoms with Crippen LogP contribution in [0.15, 0.2) is 12.3 Å². The van der Waals surface area contributed by atoms with Crippen molar-refractivity contribution in [1.82, 2.24) is 9.99 Å². The molecule has 1 fully saturated rings. The van der Waals surface area contributed by atoms with Gasteiger partial charge in [-0.25, -0.2) is 10.8 Å². The van der Waals surface area contributed by atoms with E-state index in [2.05, 4.69) is 4.98 Å². The molecule has 1 aliphatic rings. The Labute approximate surface area is 118 Å². The number of hydrogen-bond donors (Lipinski definition) is 2. The fourth-order valence-corrected chi connectivity index (χ4v) is 2.17. The number of anilines is 2. The van der Waals surface area contributed by atoms with Crippen LogP contribution >= 0.6 is 0 Å². The fourth-order valence-electron chi connectivity index (χ4n) is 2.17. The highest BCUT2D eigenvalue weighted by Gasteiger charge is 2.21. The number of rotatable bonds is 4. The zero-order valence-electron chi connectivity index (χ0n) is 11.7. The third-order valence-corrected chi connectivity index (χ3v) is 3.24. The summed E-state index contributed by atoms with van der Waals surface area (Å²) < 4.78 is 5.30. The van der Waals surface area contributed by atoms with E-state index in [1.54, 1.807) is 12.3 Å². The molecule has 2 heterocycles. The molecular formula is C13H21N5O2. The smallest absolute Gasteiger partial charge is 0.270 e. The van der Waals surface area contributed by atoms with Crippen LogP contribution in [0.4, 0.5) is 11.5 Å². The van der Waals surface area contributed by atoms with Crippen LogP contribution in [0.5, 0.6) is 0 Å². The largest absolute Gasteiger partial charge is 0.395 e. The molecule has 1 saturated heterocycles. The van der Waals surface area contributed by atoms with Crippen molar-refractivity contribution in [2.75, 3.05) is 43.5 Å². The minimum atomic E-state index is -0.277. The predicted molar refractivity (Wildman–Crippen MR) is 77.2 cm³/mol. The average molecular weight is 279 g/mol. The summed E-state index contributed by atoms with van der Waals surface area (Å²) >= 11 is 0. The Kier molecular flexibility index (Phi) is 4.75. The molecule has 0 saturated carbocycles. The van der Waals surface area contributed by atoms with Gasteiger partial charge in [0.15, 0.2) is 5.82 Å². The first-order chi connectivity index (χ1) is 9.65. The number of nitrogens with zero attached hydrogens (tertiary/aromatic N) is 3. The fraction of sp³-hybridized carbons (Fsp3) is 0.538. The van der Waals surface area contributed by atoms with Gasteiger partial charge in [-0.15, -0.1) is 0 Å². The van der Waals surface area contributed by atoms with Crippen LogP contribution < -0.4 is 16.5 Å². The average Bonchev–Trinajstić information content (AvgIpc) is 2.48. The molecule has 0 atom stereocenters. The van der Waals surface area contributed by atoms with Crippen molar-refractivity contribution in [2.45, 2.75) is 13.3 Å². The molecule has 1 aliphatic heterocycles. The zero-order chi connectivity index (χ0) is 14.5. The Morgan fingerprint density at radius 1 is 1.50 bits per heavy atom. The van der Waals surface area contributed by atoms with Gasteiger partial charge in [-0.1, -0.05) is 6.92 Å². The maximum absolute atomic E-state index is 12.2. The van der Waals surface area contributed by atoms with Crippen LogP contribution in [0.3, 0.4) is 0 Å². The van der Waals surface area contributed by atoms with Gasteiger partial charge in [0.2, 0.25) is 0 Å². The SMILES string of the molecule is CCCN(N)C(=O)c1ccnc(N2CCOCC2)c1N. The highest BCUT2D eigenvalue weighted by molar-refractivity contribution is 6.00. The number of amides is 1. The van der Waals surface area contributed by atoms with Gasteiger partial charge in [0.05, 0.1) is 24.5 Å². The van der Waals surface area contributed by atoms with E-state index in [4.69, 9.17) is 16.3 Å². The van der Waals surface area contributed by atoms with Gasteiger partial charge in [-0.2, -0.15) is 0 Å². The highest BCUT2D eigenvalue weighted by atomic mass is 16.5. The van der Waals surface area contributed by atoms with E-state index >= 15 is 0 Å². The number of nitrogens with two attached hydrogens (primary N) is 2. The second kappa shape index (κ2) is 6.53. The topological polar surface area (TPSA) is 97.7 Å². The maximum Gasteiger partial charge on any atom is 0.270 e. The lowest BCUT2D eigenvalue weighted by Crippen LogP contribution is -2.39. The van der Waals surface area contributed by atoms with Crippen molar-refractivity contribution in [3.8, 4) is 0 Å². The Balaban J connectivity index is 2.24. The number of carbonyl (C=O) groups is 1. The van der Waals surface area contributed by atoms with E-state index in [9.17, 15) is 4.79 Å². The van der Waals surface area contributed by atoms with Crippen molar-refractivity contribution in [2.24, 2.45) is 5.84 Å². The van der Waals surface area contributed by atoms with E-state index in [-0.39, 0.29) is 5.91 Å². The van der Waals surface area contributed by atoms with Crippen LogP contribution in [0.25, 0.3) is 0 Å². The molecule has 1 aromatic heterocycles. The van der Waals surface area contributed by atoms with E-state index in [0.29, 0.717) is 36.8 Å². The van der Waals surface area contributed by atoms with Gasteiger partial charge in [-0.3, -0.25) is 9.80 Å². The lowest BCUT2D eigenvalue weighted by atomic mass is 10.2. The lowest BCUT2D eigenvalue weighted by molar-refractivity contribution is 0.0756. The molecule has 1 amide bonds. The lowest BCUT2D eigenvalue weighted by Gasteiger charge is -2.29. The third-order valence-electron chi connectivity index (χ3n) is 3.24. The molecule has 0 aromatic carbocycles. The number of hydrogen-bond acceptors (Lipinski definition) is 6. The number of nitrogen functional groups attached to an aromatic ring is 1. The van der Waals surface area contributed by atoms with Gasteiger partial charge in [0.1, 0.15) is 0 Å². The minimum Gasteiger partial charge on any atom is -0.395 e. The Hall–Kier alpha value is -1.86. The molecule has 7 heteroatoms. The van der Waals surface area contributed by atoms with Crippen molar-refractivity contribution in [1.29, 1.82) is 0 Å². The van der Waals surface area contributed by atoms with Crippen molar-refractivity contribution >= 4 is 17.4 Å². The molecule has 7 nitrogen and oxygen atoms in total. The molecule has 0 spiro atoms. The summed E-state index contributed by atoms with van der Waals surface area (Å²) in [5.74, 6) is 6.08. The van der Waals surface area contributed by atoms with Crippen molar-refractivity contribution in [3.05, 3.63) is 17.8 Å². The summed E-state index contributed by atoms with van der Waals surface area (Å²) in [7, 11) is 0. The molecule has 0 bridgehead atoms. The van der Waals surface area contributed by atoms with Crippen LogP contribution in [0.2, 0.25) is 0 Å². The van der Waals surface area contributed by atoms with Crippen LogP contribution in [-0.2, 0) is 4.74 Å². The number of pyridine rings is 1. The Morgan fingerprint density at radius 3 is 2.85 bits per heavy atom. The second-order valence-corrected chi connectivity index (χ2v) is 4.69. The summed E-state index contributed by atoms with van der Waals surface area (Å²) in [4.78, 5) is 18.5. The molecule has 2 rings (SSSR count). The Morgan fingerprint density at radius 2 is 2.20 bits per heavy atom. The number of hydrazine groups is 1. The first-order valence-electron chi connectivity index (χ1n) is 6.79. The number of ether oxygens (including phenoxy) is 1. The summed E-state index contributed by atoms with van der Waals surface area (Å²) in [6, 6.07) is 1.61. The quantitative estimate of drug-likeness (QED) is 0.465. The second-order valence-electron chi connectivity index (χ2n) is 4.69. The first-order valence-corrected chi connectivity index (χ1v) is 6.79. The van der Waals surface area contributed by atoms with Crippen LogP contribution in [-0.4, -0.2) is 48.7 Å².